The minimum Gasteiger partial charge on any atom is -0.490 e. The molecule has 0 aliphatic carbocycles. The van der Waals surface area contributed by atoms with Crippen LogP contribution in [0.1, 0.15) is 77.6 Å². The zero-order valence-electron chi connectivity index (χ0n) is 26.9. The monoisotopic (exact) mass is 596 g/mol. The van der Waals surface area contributed by atoms with E-state index in [0.717, 1.165) is 34.4 Å². The molecule has 2 aromatic rings. The summed E-state index contributed by atoms with van der Waals surface area (Å²) in [6.45, 7) is 23.2. The van der Waals surface area contributed by atoms with Gasteiger partial charge in [-0.1, -0.05) is 92.8 Å². The van der Waals surface area contributed by atoms with Gasteiger partial charge < -0.3 is 29.2 Å². The van der Waals surface area contributed by atoms with Crippen LogP contribution in [0, 0.1) is 0 Å². The first kappa shape index (κ1) is 35.6. The van der Waals surface area contributed by atoms with Gasteiger partial charge in [-0.15, -0.1) is 0 Å². The van der Waals surface area contributed by atoms with Gasteiger partial charge >= 0.3 is 11.9 Å². The van der Waals surface area contributed by atoms with Crippen molar-refractivity contribution in [2.75, 3.05) is 26.4 Å². The molecule has 0 aliphatic rings. The predicted molar refractivity (Wildman–Crippen MR) is 168 cm³/mol. The van der Waals surface area contributed by atoms with Crippen molar-refractivity contribution in [2.24, 2.45) is 0 Å². The fourth-order valence-electron chi connectivity index (χ4n) is 4.37. The summed E-state index contributed by atoms with van der Waals surface area (Å²) >= 11 is 0. The molecule has 2 N–H and O–H groups in total. The number of rotatable bonds is 14. The maximum atomic E-state index is 11.3. The minimum absolute atomic E-state index is 0.0297. The van der Waals surface area contributed by atoms with Crippen molar-refractivity contribution in [3.8, 4) is 11.5 Å². The third-order valence-corrected chi connectivity index (χ3v) is 7.05. The smallest absolute Gasteiger partial charge is 0.330 e. The second kappa shape index (κ2) is 14.7. The summed E-state index contributed by atoms with van der Waals surface area (Å²) in [5, 5.41) is 20.5. The highest BCUT2D eigenvalue weighted by atomic mass is 16.6. The highest BCUT2D eigenvalue weighted by Gasteiger charge is 2.30. The second-order valence-corrected chi connectivity index (χ2v) is 13.1. The third-order valence-electron chi connectivity index (χ3n) is 7.05. The Morgan fingerprint density at radius 2 is 1.02 bits per heavy atom. The van der Waals surface area contributed by atoms with Crippen molar-refractivity contribution in [2.45, 2.75) is 83.8 Å². The average Bonchev–Trinajstić information content (AvgIpc) is 2.95. The van der Waals surface area contributed by atoms with Gasteiger partial charge in [-0.25, -0.2) is 9.59 Å². The molecule has 2 atom stereocenters. The van der Waals surface area contributed by atoms with E-state index in [4.69, 9.17) is 18.9 Å². The number of hydrogen-bond donors (Lipinski definition) is 2. The Balaban J connectivity index is 2.34. The average molecular weight is 597 g/mol. The quantitative estimate of drug-likeness (QED) is 0.216. The zero-order chi connectivity index (χ0) is 32.6. The molecule has 8 nitrogen and oxygen atoms in total. The topological polar surface area (TPSA) is 112 Å². The van der Waals surface area contributed by atoms with Crippen LogP contribution in [0.3, 0.4) is 0 Å². The first-order valence-corrected chi connectivity index (χ1v) is 14.4. The van der Waals surface area contributed by atoms with Crippen molar-refractivity contribution in [3.63, 3.8) is 0 Å². The Morgan fingerprint density at radius 3 is 1.33 bits per heavy atom. The van der Waals surface area contributed by atoms with E-state index in [1.54, 1.807) is 0 Å². The van der Waals surface area contributed by atoms with Gasteiger partial charge in [0.05, 0.1) is 0 Å². The zero-order valence-corrected chi connectivity index (χ0v) is 26.9. The maximum absolute atomic E-state index is 11.3. The fraction of sp³-hybridized carbons (Fsp3) is 0.486. The number of ether oxygens (including phenoxy) is 4. The number of carbonyl (C=O) groups excluding carboxylic acids is 2. The van der Waals surface area contributed by atoms with Crippen LogP contribution in [-0.4, -0.2) is 60.8 Å². The van der Waals surface area contributed by atoms with Crippen molar-refractivity contribution in [1.82, 2.24) is 0 Å². The number of benzene rings is 2. The van der Waals surface area contributed by atoms with E-state index in [1.165, 1.54) is 0 Å². The van der Waals surface area contributed by atoms with E-state index in [1.807, 2.05) is 24.3 Å². The summed E-state index contributed by atoms with van der Waals surface area (Å²) in [6, 6.07) is 12.2. The molecule has 0 aromatic heterocycles. The van der Waals surface area contributed by atoms with Crippen molar-refractivity contribution in [3.05, 3.63) is 84.0 Å². The molecule has 2 unspecified atom stereocenters. The standard InChI is InChI=1S/C35H48O8/c1-11-31(38)42-21-25(36)19-40-29-15-13-23(17-27(29)33(3,4)5)35(9,10)24-14-16-30(28(18-24)34(6,7)8)41-20-26(37)22-43-32(39)12-2/h11-18,25-26,36-37H,1-2,19-22H2,3-10H3. The van der Waals surface area contributed by atoms with Crippen LogP contribution in [0.2, 0.25) is 0 Å². The SMILES string of the molecule is C=CC(=O)OCC(O)COc1ccc(C(C)(C)c2ccc(OCC(O)COC(=O)C=C)c(C(C)(C)C)c2)cc1C(C)(C)C. The summed E-state index contributed by atoms with van der Waals surface area (Å²) in [6.07, 6.45) is 0.140. The first-order valence-electron chi connectivity index (χ1n) is 14.4. The summed E-state index contributed by atoms with van der Waals surface area (Å²) < 4.78 is 21.8. The van der Waals surface area contributed by atoms with Gasteiger partial charge in [0.2, 0.25) is 0 Å². The Morgan fingerprint density at radius 1 is 0.674 bits per heavy atom. The van der Waals surface area contributed by atoms with E-state index in [2.05, 4.69) is 80.7 Å². The molecule has 2 aromatic carbocycles. The van der Waals surface area contributed by atoms with Crippen LogP contribution in [0.15, 0.2) is 61.7 Å². The van der Waals surface area contributed by atoms with Crippen LogP contribution in [0.25, 0.3) is 0 Å². The van der Waals surface area contributed by atoms with Gasteiger partial charge in [-0.2, -0.15) is 0 Å². The minimum atomic E-state index is -0.979. The van der Waals surface area contributed by atoms with Crippen LogP contribution in [0.4, 0.5) is 0 Å². The van der Waals surface area contributed by atoms with Gasteiger partial charge in [-0.05, 0) is 45.2 Å². The Bertz CT molecular complexity index is 1180. The van der Waals surface area contributed by atoms with Gasteiger partial charge in [0.15, 0.2) is 0 Å². The molecular weight excluding hydrogens is 548 g/mol. The van der Waals surface area contributed by atoms with Crippen LogP contribution in [-0.2, 0) is 35.3 Å². The van der Waals surface area contributed by atoms with E-state index in [0.29, 0.717) is 11.5 Å². The molecule has 0 amide bonds. The molecule has 43 heavy (non-hydrogen) atoms. The summed E-state index contributed by atoms with van der Waals surface area (Å²) in [5.74, 6) is 0.105. The van der Waals surface area contributed by atoms with Crippen molar-refractivity contribution < 1.29 is 38.7 Å². The lowest BCUT2D eigenvalue weighted by Gasteiger charge is -2.32. The first-order chi connectivity index (χ1) is 19.9. The lowest BCUT2D eigenvalue weighted by atomic mass is 9.73. The Labute approximate surface area is 256 Å². The molecule has 0 saturated carbocycles. The molecule has 0 aliphatic heterocycles. The molecule has 0 bridgehead atoms. The van der Waals surface area contributed by atoms with Gasteiger partial charge in [0.1, 0.15) is 50.1 Å². The Kier molecular flexibility index (Phi) is 12.2. The fourth-order valence-corrected chi connectivity index (χ4v) is 4.37. The summed E-state index contributed by atoms with van der Waals surface area (Å²) in [4.78, 5) is 22.6. The molecule has 0 saturated heterocycles. The molecule has 8 heteroatoms. The largest absolute Gasteiger partial charge is 0.490 e. The number of aliphatic hydroxyl groups excluding tert-OH is 2. The summed E-state index contributed by atoms with van der Waals surface area (Å²) in [5.41, 5.74) is 3.23. The van der Waals surface area contributed by atoms with E-state index < -0.39 is 29.6 Å². The number of carbonyl (C=O) groups is 2. The highest BCUT2D eigenvalue weighted by Crippen LogP contribution is 2.41. The molecule has 0 radical (unpaired) electrons. The molecule has 0 fully saturated rings. The lowest BCUT2D eigenvalue weighted by molar-refractivity contribution is -0.142. The van der Waals surface area contributed by atoms with Crippen molar-refractivity contribution in [1.29, 1.82) is 0 Å². The normalized spacial score (nSPS) is 13.4. The van der Waals surface area contributed by atoms with E-state index in [-0.39, 0.29) is 37.3 Å². The molecule has 2 rings (SSSR count). The molecule has 236 valence electrons. The van der Waals surface area contributed by atoms with Gasteiger partial charge in [0.25, 0.3) is 0 Å². The molecular formula is C35H48O8. The molecule has 0 spiro atoms. The predicted octanol–water partition coefficient (Wildman–Crippen LogP) is 5.55. The Hall–Kier alpha value is -3.62. The van der Waals surface area contributed by atoms with Gasteiger partial charge in [0, 0.05) is 17.6 Å². The maximum Gasteiger partial charge on any atom is 0.330 e. The van der Waals surface area contributed by atoms with Crippen molar-refractivity contribution >= 4 is 11.9 Å². The number of esters is 2. The van der Waals surface area contributed by atoms with Gasteiger partial charge in [-0.3, -0.25) is 0 Å². The summed E-state index contributed by atoms with van der Waals surface area (Å²) in [7, 11) is 0. The number of aliphatic hydroxyl groups is 2. The van der Waals surface area contributed by atoms with Crippen LogP contribution < -0.4 is 9.47 Å². The third kappa shape index (κ3) is 10.3. The van der Waals surface area contributed by atoms with Crippen LogP contribution in [0.5, 0.6) is 11.5 Å². The lowest BCUT2D eigenvalue weighted by Crippen LogP contribution is -2.27. The highest BCUT2D eigenvalue weighted by molar-refractivity contribution is 5.81. The van der Waals surface area contributed by atoms with E-state index in [9.17, 15) is 19.8 Å². The van der Waals surface area contributed by atoms with E-state index >= 15 is 0 Å². The molecule has 0 heterocycles. The van der Waals surface area contributed by atoms with Crippen LogP contribution >= 0.6 is 0 Å². The number of hydrogen-bond acceptors (Lipinski definition) is 8. The second-order valence-electron chi connectivity index (χ2n) is 13.1.